The van der Waals surface area contributed by atoms with E-state index in [1.165, 1.54) is 0 Å². The molecule has 0 aromatic carbocycles. The number of carbonyl (C=O) groups is 2. The Labute approximate surface area is 123 Å². The average molecular weight is 308 g/mol. The van der Waals surface area contributed by atoms with Gasteiger partial charge in [0.05, 0.1) is 6.61 Å². The molecule has 6 nitrogen and oxygen atoms in total. The fraction of sp³-hybridized carbons (Fsp3) is 0.727. The zero-order chi connectivity index (χ0) is 14.7. The van der Waals surface area contributed by atoms with Crippen LogP contribution in [-0.2, 0) is 14.3 Å². The Hall–Kier alpha value is -0.860. The fourth-order valence-corrected chi connectivity index (χ4v) is 1.72. The number of hydrogen-bond donors (Lipinski definition) is 4. The standard InChI is InChI=1S/C11H20N2O4S2/c1-2-4-12-11(16)8(3-5-18)13-9(19)6-17-7-10(14)15/h8,18H,2-7H2,1H3,(H,12,16)(H,13,19)(H,14,15). The summed E-state index contributed by atoms with van der Waals surface area (Å²) >= 11 is 9.09. The number of amides is 1. The molecular weight excluding hydrogens is 288 g/mol. The number of ether oxygens (including phenoxy) is 1. The molecule has 0 rings (SSSR count). The van der Waals surface area contributed by atoms with Crippen molar-refractivity contribution in [2.24, 2.45) is 0 Å². The monoisotopic (exact) mass is 308 g/mol. The van der Waals surface area contributed by atoms with E-state index in [4.69, 9.17) is 22.1 Å². The first kappa shape index (κ1) is 18.1. The van der Waals surface area contributed by atoms with Crippen molar-refractivity contribution in [3.8, 4) is 0 Å². The first-order valence-corrected chi connectivity index (χ1v) is 7.02. The minimum atomic E-state index is -1.06. The summed E-state index contributed by atoms with van der Waals surface area (Å²) in [4.78, 5) is 22.4. The molecule has 0 fully saturated rings. The van der Waals surface area contributed by atoms with E-state index >= 15 is 0 Å². The summed E-state index contributed by atoms with van der Waals surface area (Å²) in [5.41, 5.74) is 0. The van der Waals surface area contributed by atoms with Gasteiger partial charge in [0.2, 0.25) is 5.91 Å². The van der Waals surface area contributed by atoms with Gasteiger partial charge >= 0.3 is 5.97 Å². The van der Waals surface area contributed by atoms with Crippen molar-refractivity contribution in [2.45, 2.75) is 25.8 Å². The third-order valence-corrected chi connectivity index (χ3v) is 2.57. The second-order valence-corrected chi connectivity index (χ2v) is 4.75. The van der Waals surface area contributed by atoms with Crippen molar-refractivity contribution in [3.63, 3.8) is 0 Å². The molecule has 0 bridgehead atoms. The van der Waals surface area contributed by atoms with E-state index < -0.39 is 18.6 Å². The van der Waals surface area contributed by atoms with Crippen LogP contribution >= 0.6 is 24.8 Å². The van der Waals surface area contributed by atoms with Crippen molar-refractivity contribution < 1.29 is 19.4 Å². The second kappa shape index (κ2) is 11.0. The largest absolute Gasteiger partial charge is 0.480 e. The van der Waals surface area contributed by atoms with Gasteiger partial charge in [-0.3, -0.25) is 4.79 Å². The van der Waals surface area contributed by atoms with Crippen molar-refractivity contribution in [1.82, 2.24) is 10.6 Å². The van der Waals surface area contributed by atoms with Gasteiger partial charge in [-0.2, -0.15) is 12.6 Å². The summed E-state index contributed by atoms with van der Waals surface area (Å²) in [5.74, 6) is -0.664. The lowest BCUT2D eigenvalue weighted by atomic mass is 10.2. The van der Waals surface area contributed by atoms with E-state index in [1.807, 2.05) is 6.92 Å². The Bertz CT molecular complexity index is 313. The molecule has 8 heteroatoms. The van der Waals surface area contributed by atoms with Gasteiger partial charge in [-0.05, 0) is 18.6 Å². The second-order valence-electron chi connectivity index (χ2n) is 3.81. The highest BCUT2D eigenvalue weighted by Gasteiger charge is 2.17. The van der Waals surface area contributed by atoms with Gasteiger partial charge in [-0.15, -0.1) is 0 Å². The van der Waals surface area contributed by atoms with Crippen LogP contribution in [0.3, 0.4) is 0 Å². The molecule has 0 aromatic rings. The van der Waals surface area contributed by atoms with Crippen LogP contribution in [0.2, 0.25) is 0 Å². The molecule has 1 unspecified atom stereocenters. The van der Waals surface area contributed by atoms with E-state index in [-0.39, 0.29) is 12.5 Å². The van der Waals surface area contributed by atoms with Gasteiger partial charge in [-0.25, -0.2) is 4.79 Å². The van der Waals surface area contributed by atoms with Gasteiger partial charge in [0.15, 0.2) is 0 Å². The first-order valence-electron chi connectivity index (χ1n) is 5.98. The molecule has 110 valence electrons. The number of carboxylic acids is 1. The van der Waals surface area contributed by atoms with Crippen LogP contribution in [0.15, 0.2) is 0 Å². The van der Waals surface area contributed by atoms with Gasteiger partial charge in [0, 0.05) is 6.54 Å². The predicted molar refractivity (Wildman–Crippen MR) is 79.7 cm³/mol. The van der Waals surface area contributed by atoms with Gasteiger partial charge in [-0.1, -0.05) is 19.1 Å². The molecule has 1 atom stereocenters. The number of rotatable bonds is 10. The Morgan fingerprint density at radius 3 is 2.63 bits per heavy atom. The zero-order valence-corrected chi connectivity index (χ0v) is 12.6. The van der Waals surface area contributed by atoms with E-state index in [1.54, 1.807) is 0 Å². The minimum absolute atomic E-state index is 0.0221. The molecule has 0 radical (unpaired) electrons. The summed E-state index contributed by atoms with van der Waals surface area (Å²) < 4.78 is 4.84. The SMILES string of the molecule is CCCNC(=O)C(CCS)NC(=S)COCC(=O)O. The number of hydrogen-bond acceptors (Lipinski definition) is 5. The number of thiol groups is 1. The predicted octanol–water partition coefficient (Wildman–Crippen LogP) is 0.219. The molecule has 0 aromatic heterocycles. The third kappa shape index (κ3) is 9.69. The normalized spacial score (nSPS) is 11.7. The fourth-order valence-electron chi connectivity index (χ4n) is 1.24. The van der Waals surface area contributed by atoms with Gasteiger partial charge < -0.3 is 20.5 Å². The quantitative estimate of drug-likeness (QED) is 0.341. The number of thiocarbonyl (C=S) groups is 1. The summed E-state index contributed by atoms with van der Waals surface area (Å²) in [7, 11) is 0. The highest BCUT2D eigenvalue weighted by molar-refractivity contribution is 7.80. The highest BCUT2D eigenvalue weighted by Crippen LogP contribution is 1.96. The number of carboxylic acid groups (broad SMARTS) is 1. The maximum absolute atomic E-state index is 11.8. The lowest BCUT2D eigenvalue weighted by Gasteiger charge is -2.19. The molecule has 0 saturated heterocycles. The summed E-state index contributed by atoms with van der Waals surface area (Å²) in [6.07, 6.45) is 1.38. The van der Waals surface area contributed by atoms with E-state index in [9.17, 15) is 9.59 Å². The molecule has 3 N–H and O–H groups in total. The van der Waals surface area contributed by atoms with Crippen LogP contribution in [0.25, 0.3) is 0 Å². The van der Waals surface area contributed by atoms with E-state index in [0.29, 0.717) is 23.7 Å². The zero-order valence-electron chi connectivity index (χ0n) is 10.8. The molecule has 1 amide bonds. The van der Waals surface area contributed by atoms with Crippen LogP contribution in [-0.4, -0.2) is 53.5 Å². The molecule has 0 heterocycles. The molecule has 0 aliphatic carbocycles. The van der Waals surface area contributed by atoms with Crippen molar-refractivity contribution in [1.29, 1.82) is 0 Å². The molecule has 0 aliphatic rings. The van der Waals surface area contributed by atoms with Gasteiger partial charge in [0.1, 0.15) is 17.6 Å². The molecule has 0 saturated carbocycles. The maximum Gasteiger partial charge on any atom is 0.329 e. The Balaban J connectivity index is 4.13. The Morgan fingerprint density at radius 2 is 2.11 bits per heavy atom. The smallest absolute Gasteiger partial charge is 0.329 e. The average Bonchev–Trinajstić information content (AvgIpc) is 2.35. The van der Waals surface area contributed by atoms with Crippen LogP contribution < -0.4 is 10.6 Å². The summed E-state index contributed by atoms with van der Waals surface area (Å²) in [6.45, 7) is 2.13. The molecule has 19 heavy (non-hydrogen) atoms. The van der Waals surface area contributed by atoms with Crippen LogP contribution in [0, 0.1) is 0 Å². The maximum atomic E-state index is 11.8. The van der Waals surface area contributed by atoms with Crippen LogP contribution in [0.5, 0.6) is 0 Å². The number of aliphatic carboxylic acids is 1. The topological polar surface area (TPSA) is 87.7 Å². The number of nitrogens with one attached hydrogen (secondary N) is 2. The number of carbonyl (C=O) groups excluding carboxylic acids is 1. The van der Waals surface area contributed by atoms with Crippen molar-refractivity contribution in [2.75, 3.05) is 25.5 Å². The highest BCUT2D eigenvalue weighted by atomic mass is 32.1. The first-order chi connectivity index (χ1) is 9.01. The molecule has 0 aliphatic heterocycles. The lowest BCUT2D eigenvalue weighted by Crippen LogP contribution is -2.47. The van der Waals surface area contributed by atoms with Gasteiger partial charge in [0.25, 0.3) is 0 Å². The molecular formula is C11H20N2O4S2. The summed E-state index contributed by atoms with van der Waals surface area (Å²) in [6, 6.07) is -0.468. The van der Waals surface area contributed by atoms with Crippen molar-refractivity contribution >= 4 is 41.7 Å². The van der Waals surface area contributed by atoms with Crippen LogP contribution in [0.1, 0.15) is 19.8 Å². The summed E-state index contributed by atoms with van der Waals surface area (Å²) in [5, 5.41) is 14.0. The van der Waals surface area contributed by atoms with Crippen molar-refractivity contribution in [3.05, 3.63) is 0 Å². The minimum Gasteiger partial charge on any atom is -0.480 e. The van der Waals surface area contributed by atoms with E-state index in [2.05, 4.69) is 23.3 Å². The van der Waals surface area contributed by atoms with E-state index in [0.717, 1.165) is 6.42 Å². The Kier molecular flexibility index (Phi) is 10.5. The van der Waals surface area contributed by atoms with Crippen LogP contribution in [0.4, 0.5) is 0 Å². The molecule has 0 spiro atoms. The third-order valence-electron chi connectivity index (χ3n) is 2.08. The Morgan fingerprint density at radius 1 is 1.42 bits per heavy atom. The lowest BCUT2D eigenvalue weighted by molar-refractivity contribution is -0.141.